The Morgan fingerprint density at radius 1 is 0.902 bits per heavy atom. The molecule has 0 N–H and O–H groups in total. The van der Waals surface area contributed by atoms with Crippen LogP contribution in [0.1, 0.15) is 52.4 Å². The minimum Gasteiger partial charge on any atom is -0.446 e. The molecule has 2 amide bonds. The van der Waals surface area contributed by atoms with Crippen molar-refractivity contribution in [1.82, 2.24) is 14.8 Å². The number of fused-ring (bicyclic) bond motifs is 1. The summed E-state index contributed by atoms with van der Waals surface area (Å²) in [5, 5.41) is 0. The first-order valence-electron chi connectivity index (χ1n) is 15.5. The number of carbonyl (C=O) groups is 3. The molecule has 5 aliphatic heterocycles. The zero-order valence-electron chi connectivity index (χ0n) is 24.6. The van der Waals surface area contributed by atoms with Gasteiger partial charge in [-0.1, -0.05) is 13.8 Å². The molecule has 0 aromatic carbocycles. The number of hydrogen-bond acceptors (Lipinski definition) is 9. The molecule has 2 unspecified atom stereocenters. The number of ether oxygens (including phenoxy) is 2. The summed E-state index contributed by atoms with van der Waals surface area (Å²) in [6, 6.07) is 4.39. The average Bonchev–Trinajstić information content (AvgIpc) is 3.79. The number of pyridine rings is 1. The Hall–Kier alpha value is -3.08. The summed E-state index contributed by atoms with van der Waals surface area (Å²) in [6.45, 7) is 11.2. The third-order valence-electron chi connectivity index (χ3n) is 9.26. The van der Waals surface area contributed by atoms with Gasteiger partial charge in [0, 0.05) is 58.9 Å². The van der Waals surface area contributed by atoms with Crippen LogP contribution in [0.4, 0.5) is 22.1 Å². The van der Waals surface area contributed by atoms with Crippen molar-refractivity contribution in [2.24, 2.45) is 5.92 Å². The van der Waals surface area contributed by atoms with Gasteiger partial charge in [-0.3, -0.25) is 9.59 Å². The number of piperazine rings is 1. The third kappa shape index (κ3) is 5.33. The number of nitrogens with zero attached hydrogens (tertiary/aromatic N) is 6. The lowest BCUT2D eigenvalue weighted by atomic mass is 9.93. The second-order valence-electron chi connectivity index (χ2n) is 12.5. The van der Waals surface area contributed by atoms with Crippen LogP contribution >= 0.6 is 0 Å². The predicted molar refractivity (Wildman–Crippen MR) is 156 cm³/mol. The number of anilines is 3. The number of Topliss-reactive ketones (excluding diaryl/α,β-unsaturated/α-hetero) is 1. The molecule has 5 fully saturated rings. The van der Waals surface area contributed by atoms with E-state index in [1.807, 2.05) is 13.8 Å². The molecule has 224 valence electrons. The van der Waals surface area contributed by atoms with E-state index in [0.29, 0.717) is 52.2 Å². The minimum absolute atomic E-state index is 0.114. The average molecular weight is 569 g/mol. The van der Waals surface area contributed by atoms with Crippen LogP contribution < -0.4 is 14.7 Å². The van der Waals surface area contributed by atoms with E-state index in [4.69, 9.17) is 14.5 Å². The van der Waals surface area contributed by atoms with E-state index >= 15 is 0 Å². The minimum atomic E-state index is -1.10. The number of carbonyl (C=O) groups excluding carboxylic acids is 3. The van der Waals surface area contributed by atoms with Crippen LogP contribution in [-0.4, -0.2) is 116 Å². The molecule has 2 atom stereocenters. The van der Waals surface area contributed by atoms with E-state index in [-0.39, 0.29) is 24.2 Å². The lowest BCUT2D eigenvalue weighted by molar-refractivity contribution is -0.141. The zero-order valence-corrected chi connectivity index (χ0v) is 24.6. The Labute approximate surface area is 242 Å². The molecule has 5 saturated heterocycles. The van der Waals surface area contributed by atoms with Crippen molar-refractivity contribution in [3.05, 3.63) is 12.1 Å². The molecule has 0 radical (unpaired) electrons. The number of aromatic nitrogens is 1. The summed E-state index contributed by atoms with van der Waals surface area (Å²) >= 11 is 0. The van der Waals surface area contributed by atoms with Crippen molar-refractivity contribution < 1.29 is 23.9 Å². The highest BCUT2D eigenvalue weighted by atomic mass is 16.6. The summed E-state index contributed by atoms with van der Waals surface area (Å²) in [5.74, 6) is 1.69. The SMILES string of the molecule is CC(C)COC1C(=O)N2CCCC2(COC(=O)N2CCN(c3nc(N4CCCC4)ccc3N3CCCC3)CC2)C1=O. The Kier molecular flexibility index (Phi) is 7.98. The van der Waals surface area contributed by atoms with Gasteiger partial charge in [-0.15, -0.1) is 0 Å². The number of amides is 2. The van der Waals surface area contributed by atoms with E-state index in [1.54, 1.807) is 9.80 Å². The molecular weight excluding hydrogens is 524 g/mol. The summed E-state index contributed by atoms with van der Waals surface area (Å²) < 4.78 is 11.5. The second-order valence-corrected chi connectivity index (χ2v) is 12.5. The maximum atomic E-state index is 13.4. The molecule has 0 saturated carbocycles. The van der Waals surface area contributed by atoms with Gasteiger partial charge in [-0.05, 0) is 56.6 Å². The molecule has 6 heterocycles. The normalized spacial score (nSPS) is 26.6. The van der Waals surface area contributed by atoms with Crippen molar-refractivity contribution in [3.8, 4) is 0 Å². The summed E-state index contributed by atoms with van der Waals surface area (Å²) in [5.41, 5.74) is 0.0846. The Morgan fingerprint density at radius 2 is 1.59 bits per heavy atom. The van der Waals surface area contributed by atoms with Gasteiger partial charge in [-0.25, -0.2) is 9.78 Å². The lowest BCUT2D eigenvalue weighted by Crippen LogP contribution is -2.53. The van der Waals surface area contributed by atoms with E-state index < -0.39 is 17.7 Å². The van der Waals surface area contributed by atoms with E-state index in [9.17, 15) is 14.4 Å². The van der Waals surface area contributed by atoms with Gasteiger partial charge >= 0.3 is 6.09 Å². The first kappa shape index (κ1) is 28.1. The van der Waals surface area contributed by atoms with Gasteiger partial charge in [0.05, 0.1) is 12.3 Å². The molecule has 11 nitrogen and oxygen atoms in total. The first-order valence-corrected chi connectivity index (χ1v) is 15.5. The Bertz CT molecular complexity index is 1140. The topological polar surface area (TPSA) is 98.8 Å². The largest absolute Gasteiger partial charge is 0.446 e. The molecule has 1 aromatic heterocycles. The lowest BCUT2D eigenvalue weighted by Gasteiger charge is -2.37. The first-order chi connectivity index (χ1) is 19.9. The summed E-state index contributed by atoms with van der Waals surface area (Å²) in [4.78, 5) is 55.1. The summed E-state index contributed by atoms with van der Waals surface area (Å²) in [6.07, 6.45) is 4.50. The van der Waals surface area contributed by atoms with Crippen molar-refractivity contribution >= 4 is 35.1 Å². The standard InChI is InChI=1S/C30H44N6O5/c1-22(2)20-40-25-26(37)30(10-7-15-36(30)28(25)38)21-41-29(39)35-18-16-34(17-19-35)27-23(32-11-3-4-12-32)8-9-24(31-27)33-13-5-6-14-33/h8-9,22,25H,3-7,10-21H2,1-2H3. The fourth-order valence-electron chi connectivity index (χ4n) is 6.97. The predicted octanol–water partition coefficient (Wildman–Crippen LogP) is 2.53. The second kappa shape index (κ2) is 11.7. The molecule has 11 heteroatoms. The van der Waals surface area contributed by atoms with Crippen molar-refractivity contribution in [2.45, 2.75) is 64.0 Å². The maximum absolute atomic E-state index is 13.4. The Balaban J connectivity index is 1.09. The van der Waals surface area contributed by atoms with Crippen LogP contribution in [0.25, 0.3) is 0 Å². The molecule has 1 aromatic rings. The zero-order chi connectivity index (χ0) is 28.6. The molecule has 0 bridgehead atoms. The summed E-state index contributed by atoms with van der Waals surface area (Å²) in [7, 11) is 0. The highest BCUT2D eigenvalue weighted by Gasteiger charge is 2.61. The maximum Gasteiger partial charge on any atom is 0.409 e. The van der Waals surface area contributed by atoms with Crippen LogP contribution in [0.15, 0.2) is 12.1 Å². The molecule has 0 spiro atoms. The molecule has 0 aliphatic carbocycles. The van der Waals surface area contributed by atoms with Crippen molar-refractivity contribution in [3.63, 3.8) is 0 Å². The number of hydrogen-bond donors (Lipinski definition) is 0. The Morgan fingerprint density at radius 3 is 2.27 bits per heavy atom. The van der Waals surface area contributed by atoms with Gasteiger partial charge in [0.1, 0.15) is 18.0 Å². The van der Waals surface area contributed by atoms with Gasteiger partial charge in [-0.2, -0.15) is 0 Å². The highest BCUT2D eigenvalue weighted by molar-refractivity contribution is 6.16. The van der Waals surface area contributed by atoms with E-state index in [1.165, 1.54) is 31.4 Å². The van der Waals surface area contributed by atoms with Gasteiger partial charge < -0.3 is 34.0 Å². The van der Waals surface area contributed by atoms with Gasteiger partial charge in [0.2, 0.25) is 0 Å². The van der Waals surface area contributed by atoms with Gasteiger partial charge in [0.25, 0.3) is 5.91 Å². The van der Waals surface area contributed by atoms with Crippen molar-refractivity contribution in [2.75, 3.05) is 86.8 Å². The number of ketones is 1. The van der Waals surface area contributed by atoms with Crippen molar-refractivity contribution in [1.29, 1.82) is 0 Å². The fourth-order valence-corrected chi connectivity index (χ4v) is 6.97. The van der Waals surface area contributed by atoms with Crippen LogP contribution in [0, 0.1) is 5.92 Å². The van der Waals surface area contributed by atoms with E-state index in [2.05, 4.69) is 26.8 Å². The molecule has 41 heavy (non-hydrogen) atoms. The smallest absolute Gasteiger partial charge is 0.409 e. The van der Waals surface area contributed by atoms with Crippen LogP contribution in [0.5, 0.6) is 0 Å². The molecule has 5 aliphatic rings. The van der Waals surface area contributed by atoms with Gasteiger partial charge in [0.15, 0.2) is 17.7 Å². The monoisotopic (exact) mass is 568 g/mol. The van der Waals surface area contributed by atoms with E-state index in [0.717, 1.165) is 37.8 Å². The molecular formula is C30H44N6O5. The highest BCUT2D eigenvalue weighted by Crippen LogP contribution is 2.39. The molecule has 6 rings (SSSR count). The quantitative estimate of drug-likeness (QED) is 0.438. The van der Waals surface area contributed by atoms with Crippen LogP contribution in [0.3, 0.4) is 0 Å². The third-order valence-corrected chi connectivity index (χ3v) is 9.26. The van der Waals surface area contributed by atoms with Crippen LogP contribution in [-0.2, 0) is 19.1 Å². The fraction of sp³-hybridized carbons (Fsp3) is 0.733. The number of rotatable bonds is 8. The van der Waals surface area contributed by atoms with Crippen LogP contribution in [0.2, 0.25) is 0 Å².